The van der Waals surface area contributed by atoms with Crippen molar-refractivity contribution in [1.82, 2.24) is 10.2 Å². The fourth-order valence-corrected chi connectivity index (χ4v) is 1.45. The third-order valence-corrected chi connectivity index (χ3v) is 2.59. The van der Waals surface area contributed by atoms with Crippen molar-refractivity contribution in [2.45, 2.75) is 52.0 Å². The first-order valence-corrected chi connectivity index (χ1v) is 6.20. The molecule has 0 aromatic carbocycles. The predicted molar refractivity (Wildman–Crippen MR) is 67.0 cm³/mol. The highest BCUT2D eigenvalue weighted by molar-refractivity contribution is 5.74. The summed E-state index contributed by atoms with van der Waals surface area (Å²) in [5, 5.41) is 11.4. The maximum Gasteiger partial charge on any atom is 0.317 e. The number of unbranched alkanes of at least 4 members (excludes halogenated alkanes) is 1. The Morgan fingerprint density at radius 3 is 2.53 bits per heavy atom. The van der Waals surface area contributed by atoms with Crippen LogP contribution in [0.15, 0.2) is 0 Å². The fourth-order valence-electron chi connectivity index (χ4n) is 1.45. The number of rotatable bonds is 8. The average molecular weight is 244 g/mol. The van der Waals surface area contributed by atoms with E-state index >= 15 is 0 Å². The third kappa shape index (κ3) is 8.54. The van der Waals surface area contributed by atoms with Crippen LogP contribution in [0.25, 0.3) is 0 Å². The summed E-state index contributed by atoms with van der Waals surface area (Å²) in [6.07, 6.45) is 3.50. The molecule has 0 saturated heterocycles. The molecule has 0 aliphatic rings. The lowest BCUT2D eigenvalue weighted by Crippen LogP contribution is -2.42. The molecule has 5 heteroatoms. The van der Waals surface area contributed by atoms with Crippen LogP contribution in [-0.4, -0.2) is 41.6 Å². The third-order valence-electron chi connectivity index (χ3n) is 2.59. The number of nitrogens with zero attached hydrogens (tertiary/aromatic N) is 1. The Kier molecular flexibility index (Phi) is 8.19. The highest BCUT2D eigenvalue weighted by Gasteiger charge is 2.11. The number of hydrogen-bond acceptors (Lipinski definition) is 2. The summed E-state index contributed by atoms with van der Waals surface area (Å²) >= 11 is 0. The van der Waals surface area contributed by atoms with E-state index in [1.54, 1.807) is 11.9 Å². The van der Waals surface area contributed by atoms with Gasteiger partial charge in [-0.2, -0.15) is 0 Å². The second kappa shape index (κ2) is 8.84. The smallest absolute Gasteiger partial charge is 0.317 e. The monoisotopic (exact) mass is 244 g/mol. The van der Waals surface area contributed by atoms with Crippen molar-refractivity contribution in [1.29, 1.82) is 0 Å². The summed E-state index contributed by atoms with van der Waals surface area (Å²) in [4.78, 5) is 23.7. The lowest BCUT2D eigenvalue weighted by molar-refractivity contribution is -0.137. The second-order valence-electron chi connectivity index (χ2n) is 4.41. The lowest BCUT2D eigenvalue weighted by Gasteiger charge is -2.21. The molecule has 0 aromatic rings. The number of carbonyl (C=O) groups excluding carboxylic acids is 1. The first kappa shape index (κ1) is 15.7. The van der Waals surface area contributed by atoms with Crippen LogP contribution in [0.4, 0.5) is 4.79 Å². The zero-order valence-electron chi connectivity index (χ0n) is 11.0. The summed E-state index contributed by atoms with van der Waals surface area (Å²) in [6, 6.07) is -0.0628. The van der Waals surface area contributed by atoms with E-state index in [0.717, 1.165) is 19.4 Å². The van der Waals surface area contributed by atoms with Gasteiger partial charge in [-0.15, -0.1) is 0 Å². The molecule has 0 radical (unpaired) electrons. The Balaban J connectivity index is 3.74. The molecule has 0 rings (SSSR count). The highest BCUT2D eigenvalue weighted by atomic mass is 16.4. The Morgan fingerprint density at radius 1 is 1.35 bits per heavy atom. The Morgan fingerprint density at radius 2 is 2.00 bits per heavy atom. The summed E-state index contributed by atoms with van der Waals surface area (Å²) in [6.45, 7) is 4.73. The van der Waals surface area contributed by atoms with Crippen LogP contribution in [0.3, 0.4) is 0 Å². The molecular formula is C12H24N2O3. The molecule has 5 nitrogen and oxygen atoms in total. The lowest BCUT2D eigenvalue weighted by atomic mass is 10.1. The van der Waals surface area contributed by atoms with Crippen LogP contribution in [0.5, 0.6) is 0 Å². The van der Waals surface area contributed by atoms with Gasteiger partial charge in [0.2, 0.25) is 0 Å². The normalized spacial score (nSPS) is 11.9. The Hall–Kier alpha value is -1.26. The number of hydrogen-bond donors (Lipinski definition) is 2. The molecule has 1 unspecified atom stereocenters. The van der Waals surface area contributed by atoms with E-state index in [1.165, 1.54) is 0 Å². The number of nitrogens with one attached hydrogen (secondary N) is 1. The van der Waals surface area contributed by atoms with Crippen molar-refractivity contribution in [3.05, 3.63) is 0 Å². The van der Waals surface area contributed by atoms with Crippen LogP contribution < -0.4 is 5.32 Å². The maximum absolute atomic E-state index is 11.7. The highest BCUT2D eigenvalue weighted by Crippen LogP contribution is 2.01. The predicted octanol–water partition coefficient (Wildman–Crippen LogP) is 2.07. The van der Waals surface area contributed by atoms with E-state index in [9.17, 15) is 9.59 Å². The van der Waals surface area contributed by atoms with Gasteiger partial charge in [-0.3, -0.25) is 4.79 Å². The number of carbonyl (C=O) groups is 2. The largest absolute Gasteiger partial charge is 0.481 e. The molecule has 2 N–H and O–H groups in total. The SMILES string of the molecule is CCCCN(C)C(=O)NC(C)CCCC(=O)O. The van der Waals surface area contributed by atoms with E-state index < -0.39 is 5.97 Å². The minimum atomic E-state index is -0.788. The minimum Gasteiger partial charge on any atom is -0.481 e. The zero-order valence-corrected chi connectivity index (χ0v) is 11.0. The molecule has 2 amide bonds. The average Bonchev–Trinajstić information content (AvgIpc) is 2.25. The van der Waals surface area contributed by atoms with Crippen LogP contribution in [0, 0.1) is 0 Å². The van der Waals surface area contributed by atoms with Crippen molar-refractivity contribution < 1.29 is 14.7 Å². The number of urea groups is 1. The van der Waals surface area contributed by atoms with Crippen molar-refractivity contribution >= 4 is 12.0 Å². The molecular weight excluding hydrogens is 220 g/mol. The van der Waals surface area contributed by atoms with E-state index in [4.69, 9.17) is 5.11 Å². The van der Waals surface area contributed by atoms with Gasteiger partial charge in [-0.1, -0.05) is 13.3 Å². The van der Waals surface area contributed by atoms with Gasteiger partial charge in [0.1, 0.15) is 0 Å². The molecule has 0 aliphatic carbocycles. The number of amides is 2. The van der Waals surface area contributed by atoms with Gasteiger partial charge in [0.15, 0.2) is 0 Å². The summed E-state index contributed by atoms with van der Waals surface area (Å²) in [5.41, 5.74) is 0. The van der Waals surface area contributed by atoms with Crippen molar-refractivity contribution in [3.8, 4) is 0 Å². The number of carboxylic acid groups (broad SMARTS) is 1. The van der Waals surface area contributed by atoms with E-state index in [0.29, 0.717) is 12.8 Å². The molecule has 17 heavy (non-hydrogen) atoms. The molecule has 0 saturated carbocycles. The van der Waals surface area contributed by atoms with E-state index in [1.807, 2.05) is 6.92 Å². The molecule has 0 spiro atoms. The summed E-state index contributed by atoms with van der Waals surface area (Å²) in [5.74, 6) is -0.788. The van der Waals surface area contributed by atoms with Crippen LogP contribution in [-0.2, 0) is 4.79 Å². The van der Waals surface area contributed by atoms with Gasteiger partial charge >= 0.3 is 12.0 Å². The second-order valence-corrected chi connectivity index (χ2v) is 4.41. The molecule has 0 heterocycles. The van der Waals surface area contributed by atoms with Crippen molar-refractivity contribution in [2.75, 3.05) is 13.6 Å². The van der Waals surface area contributed by atoms with Crippen LogP contribution in [0.2, 0.25) is 0 Å². The topological polar surface area (TPSA) is 69.6 Å². The van der Waals surface area contributed by atoms with Gasteiger partial charge in [-0.25, -0.2) is 4.79 Å². The van der Waals surface area contributed by atoms with Crippen molar-refractivity contribution in [3.63, 3.8) is 0 Å². The molecule has 0 fully saturated rings. The quantitative estimate of drug-likeness (QED) is 0.686. The Labute approximate surface area is 103 Å². The van der Waals surface area contributed by atoms with Crippen LogP contribution in [0.1, 0.15) is 46.0 Å². The van der Waals surface area contributed by atoms with Gasteiger partial charge in [0.05, 0.1) is 0 Å². The van der Waals surface area contributed by atoms with Gasteiger partial charge in [0, 0.05) is 26.1 Å². The molecule has 0 bridgehead atoms. The van der Waals surface area contributed by atoms with E-state index in [-0.39, 0.29) is 18.5 Å². The van der Waals surface area contributed by atoms with Gasteiger partial charge < -0.3 is 15.3 Å². The summed E-state index contributed by atoms with van der Waals surface area (Å²) in [7, 11) is 1.77. The van der Waals surface area contributed by atoms with Gasteiger partial charge in [0.25, 0.3) is 0 Å². The van der Waals surface area contributed by atoms with E-state index in [2.05, 4.69) is 12.2 Å². The standard InChI is InChI=1S/C12H24N2O3/c1-4-5-9-14(3)12(17)13-10(2)7-6-8-11(15)16/h10H,4-9H2,1-3H3,(H,13,17)(H,15,16). The first-order chi connectivity index (χ1) is 7.97. The maximum atomic E-state index is 11.7. The molecule has 100 valence electrons. The number of aliphatic carboxylic acids is 1. The molecule has 1 atom stereocenters. The fraction of sp³-hybridized carbons (Fsp3) is 0.833. The van der Waals surface area contributed by atoms with Crippen LogP contribution >= 0.6 is 0 Å². The molecule has 0 aromatic heterocycles. The first-order valence-electron chi connectivity index (χ1n) is 6.20. The Bertz CT molecular complexity index is 244. The minimum absolute atomic E-state index is 0.0194. The van der Waals surface area contributed by atoms with Crippen molar-refractivity contribution in [2.24, 2.45) is 0 Å². The summed E-state index contributed by atoms with van der Waals surface area (Å²) < 4.78 is 0. The van der Waals surface area contributed by atoms with Gasteiger partial charge in [-0.05, 0) is 26.2 Å². The molecule has 0 aliphatic heterocycles. The number of carboxylic acids is 1. The zero-order chi connectivity index (χ0) is 13.3.